The number of rotatable bonds is 5. The SMILES string of the molecule is Cc1ccc(Cl)cc1S(=O)(=O)Nc1ccc2c(c1)N(S(=O)(=O)c1ccccc1)CCC2. The molecule has 0 saturated carbocycles. The van der Waals surface area contributed by atoms with Crippen LogP contribution in [0.4, 0.5) is 11.4 Å². The molecule has 0 radical (unpaired) electrons. The monoisotopic (exact) mass is 476 g/mol. The Hall–Kier alpha value is -2.55. The van der Waals surface area contributed by atoms with Crippen molar-refractivity contribution in [3.05, 3.63) is 82.9 Å². The molecule has 0 aromatic heterocycles. The lowest BCUT2D eigenvalue weighted by Crippen LogP contribution is -2.35. The Morgan fingerprint density at radius 1 is 0.935 bits per heavy atom. The van der Waals surface area contributed by atoms with Gasteiger partial charge >= 0.3 is 0 Å². The fourth-order valence-electron chi connectivity index (χ4n) is 3.65. The van der Waals surface area contributed by atoms with Crippen molar-refractivity contribution in [2.45, 2.75) is 29.6 Å². The quantitative estimate of drug-likeness (QED) is 0.583. The van der Waals surface area contributed by atoms with Crippen LogP contribution in [0.5, 0.6) is 0 Å². The van der Waals surface area contributed by atoms with Gasteiger partial charge in [-0.3, -0.25) is 9.03 Å². The Labute approximate surface area is 187 Å². The lowest BCUT2D eigenvalue weighted by molar-refractivity contribution is 0.586. The first-order valence-corrected chi connectivity index (χ1v) is 13.0. The average Bonchev–Trinajstić information content (AvgIpc) is 2.75. The number of hydrogen-bond acceptors (Lipinski definition) is 4. The molecule has 3 aromatic carbocycles. The molecular formula is C22H21ClN2O4S2. The summed E-state index contributed by atoms with van der Waals surface area (Å²) in [5.74, 6) is 0. The van der Waals surface area contributed by atoms with E-state index in [0.29, 0.717) is 29.2 Å². The van der Waals surface area contributed by atoms with Gasteiger partial charge in [-0.2, -0.15) is 0 Å². The van der Waals surface area contributed by atoms with E-state index < -0.39 is 20.0 Å². The van der Waals surface area contributed by atoms with Crippen molar-refractivity contribution in [1.82, 2.24) is 0 Å². The van der Waals surface area contributed by atoms with E-state index in [0.717, 1.165) is 12.0 Å². The fraction of sp³-hybridized carbons (Fsp3) is 0.182. The van der Waals surface area contributed by atoms with Crippen LogP contribution in [-0.2, 0) is 26.5 Å². The van der Waals surface area contributed by atoms with E-state index in [1.165, 1.54) is 10.4 Å². The van der Waals surface area contributed by atoms with Crippen molar-refractivity contribution in [3.63, 3.8) is 0 Å². The Kier molecular flexibility index (Phi) is 5.72. The number of nitrogens with zero attached hydrogens (tertiary/aromatic N) is 1. The first kappa shape index (κ1) is 21.7. The standard InChI is InChI=1S/C22H21ClN2O4S2/c1-16-9-11-18(23)14-22(16)30(26,27)24-19-12-10-17-6-5-13-25(21(17)15-19)31(28,29)20-7-3-2-4-8-20/h2-4,7-12,14-15,24H,5-6,13H2,1H3. The Morgan fingerprint density at radius 3 is 2.42 bits per heavy atom. The zero-order valence-electron chi connectivity index (χ0n) is 16.7. The van der Waals surface area contributed by atoms with Crippen LogP contribution in [0.15, 0.2) is 76.5 Å². The number of aryl methyl sites for hydroxylation is 2. The van der Waals surface area contributed by atoms with Crippen LogP contribution >= 0.6 is 11.6 Å². The summed E-state index contributed by atoms with van der Waals surface area (Å²) in [7, 11) is -7.66. The third-order valence-corrected chi connectivity index (χ3v) is 8.77. The molecule has 1 heterocycles. The van der Waals surface area contributed by atoms with Crippen molar-refractivity contribution in [2.24, 2.45) is 0 Å². The fourth-order valence-corrected chi connectivity index (χ4v) is 6.76. The number of benzene rings is 3. The summed E-state index contributed by atoms with van der Waals surface area (Å²) >= 11 is 5.98. The second-order valence-corrected chi connectivity index (χ2v) is 11.3. The molecule has 1 aliphatic heterocycles. The highest BCUT2D eigenvalue weighted by Gasteiger charge is 2.29. The first-order valence-electron chi connectivity index (χ1n) is 9.68. The molecule has 0 fully saturated rings. The molecule has 0 amide bonds. The lowest BCUT2D eigenvalue weighted by Gasteiger charge is -2.31. The molecule has 1 aliphatic rings. The lowest BCUT2D eigenvalue weighted by atomic mass is 10.0. The highest BCUT2D eigenvalue weighted by molar-refractivity contribution is 7.93. The summed E-state index contributed by atoms with van der Waals surface area (Å²) in [4.78, 5) is 0.273. The number of fused-ring (bicyclic) bond motifs is 1. The van der Waals surface area contributed by atoms with Crippen LogP contribution in [0, 0.1) is 6.92 Å². The minimum Gasteiger partial charge on any atom is -0.280 e. The maximum atomic E-state index is 13.2. The number of halogens is 1. The van der Waals surface area contributed by atoms with Crippen molar-refractivity contribution in [1.29, 1.82) is 0 Å². The Balaban J connectivity index is 1.72. The maximum Gasteiger partial charge on any atom is 0.264 e. The molecule has 0 atom stereocenters. The van der Waals surface area contributed by atoms with E-state index in [1.807, 2.05) is 0 Å². The van der Waals surface area contributed by atoms with Crippen LogP contribution in [0.2, 0.25) is 5.02 Å². The van der Waals surface area contributed by atoms with Crippen LogP contribution in [-0.4, -0.2) is 23.4 Å². The number of anilines is 2. The minimum absolute atomic E-state index is 0.0754. The number of hydrogen-bond donors (Lipinski definition) is 1. The van der Waals surface area contributed by atoms with Crippen molar-refractivity contribution >= 4 is 43.0 Å². The highest BCUT2D eigenvalue weighted by atomic mass is 35.5. The minimum atomic E-state index is -3.90. The van der Waals surface area contributed by atoms with Gasteiger partial charge in [-0.25, -0.2) is 16.8 Å². The summed E-state index contributed by atoms with van der Waals surface area (Å²) in [6.07, 6.45) is 1.41. The Morgan fingerprint density at radius 2 is 1.68 bits per heavy atom. The molecule has 4 rings (SSSR count). The van der Waals surface area contributed by atoms with Gasteiger partial charge in [0, 0.05) is 11.6 Å². The van der Waals surface area contributed by atoms with E-state index in [2.05, 4.69) is 4.72 Å². The molecule has 0 saturated heterocycles. The molecule has 1 N–H and O–H groups in total. The van der Waals surface area contributed by atoms with Gasteiger partial charge < -0.3 is 0 Å². The average molecular weight is 477 g/mol. The van der Waals surface area contributed by atoms with Gasteiger partial charge in [0.2, 0.25) is 0 Å². The molecule has 162 valence electrons. The van der Waals surface area contributed by atoms with Gasteiger partial charge in [-0.15, -0.1) is 0 Å². The second kappa shape index (κ2) is 8.18. The van der Waals surface area contributed by atoms with Gasteiger partial charge in [-0.1, -0.05) is 41.9 Å². The molecule has 6 nitrogen and oxygen atoms in total. The van der Waals surface area contributed by atoms with E-state index in [1.54, 1.807) is 67.6 Å². The van der Waals surface area contributed by atoms with Crippen molar-refractivity contribution in [2.75, 3.05) is 15.6 Å². The zero-order chi connectivity index (χ0) is 22.2. The normalized spacial score (nSPS) is 14.2. The summed E-state index contributed by atoms with van der Waals surface area (Å²) in [6.45, 7) is 2.01. The van der Waals surface area contributed by atoms with Crippen molar-refractivity contribution < 1.29 is 16.8 Å². The van der Waals surface area contributed by atoms with Crippen LogP contribution in [0.25, 0.3) is 0 Å². The maximum absolute atomic E-state index is 13.2. The molecule has 0 unspecified atom stereocenters. The first-order chi connectivity index (χ1) is 14.7. The van der Waals surface area contributed by atoms with Gasteiger partial charge in [0.05, 0.1) is 21.2 Å². The van der Waals surface area contributed by atoms with E-state index in [9.17, 15) is 16.8 Å². The third-order valence-electron chi connectivity index (χ3n) is 5.18. The molecule has 0 aliphatic carbocycles. The van der Waals surface area contributed by atoms with E-state index >= 15 is 0 Å². The number of nitrogens with one attached hydrogen (secondary N) is 1. The highest BCUT2D eigenvalue weighted by Crippen LogP contribution is 2.35. The van der Waals surface area contributed by atoms with Gasteiger partial charge in [0.15, 0.2) is 0 Å². The summed E-state index contributed by atoms with van der Waals surface area (Å²) in [5, 5.41) is 0.316. The molecule has 0 bridgehead atoms. The molecule has 3 aromatic rings. The molecular weight excluding hydrogens is 456 g/mol. The number of sulfonamides is 2. The third kappa shape index (κ3) is 4.28. The van der Waals surface area contributed by atoms with Gasteiger partial charge in [-0.05, 0) is 67.3 Å². The second-order valence-electron chi connectivity index (χ2n) is 7.35. The summed E-state index contributed by atoms with van der Waals surface area (Å²) in [5.41, 5.74) is 2.18. The smallest absolute Gasteiger partial charge is 0.264 e. The van der Waals surface area contributed by atoms with Gasteiger partial charge in [0.1, 0.15) is 0 Å². The zero-order valence-corrected chi connectivity index (χ0v) is 19.1. The Bertz CT molecular complexity index is 1340. The summed E-state index contributed by atoms with van der Waals surface area (Å²) < 4.78 is 56.2. The predicted molar refractivity (Wildman–Crippen MR) is 123 cm³/mol. The van der Waals surface area contributed by atoms with Crippen LogP contribution < -0.4 is 9.03 Å². The molecule has 0 spiro atoms. The molecule has 9 heteroatoms. The topological polar surface area (TPSA) is 83.6 Å². The largest absolute Gasteiger partial charge is 0.280 e. The van der Waals surface area contributed by atoms with Crippen LogP contribution in [0.3, 0.4) is 0 Å². The van der Waals surface area contributed by atoms with E-state index in [-0.39, 0.29) is 15.5 Å². The molecule has 31 heavy (non-hydrogen) atoms. The van der Waals surface area contributed by atoms with Crippen molar-refractivity contribution in [3.8, 4) is 0 Å². The predicted octanol–water partition coefficient (Wildman–Crippen LogP) is 4.59. The van der Waals surface area contributed by atoms with Gasteiger partial charge in [0.25, 0.3) is 20.0 Å². The van der Waals surface area contributed by atoms with Crippen LogP contribution in [0.1, 0.15) is 17.5 Å². The summed E-state index contributed by atoms with van der Waals surface area (Å²) in [6, 6.07) is 17.9. The van der Waals surface area contributed by atoms with E-state index in [4.69, 9.17) is 11.6 Å².